The lowest BCUT2D eigenvalue weighted by atomic mass is 10.00. The van der Waals surface area contributed by atoms with Gasteiger partial charge in [0, 0.05) is 55.0 Å². The first kappa shape index (κ1) is 24.4. The van der Waals surface area contributed by atoms with Crippen molar-refractivity contribution in [3.8, 4) is 17.0 Å². The summed E-state index contributed by atoms with van der Waals surface area (Å²) in [4.78, 5) is 17.4. The van der Waals surface area contributed by atoms with Gasteiger partial charge in [-0.15, -0.1) is 0 Å². The van der Waals surface area contributed by atoms with Crippen molar-refractivity contribution in [3.05, 3.63) is 82.8 Å². The Bertz CT molecular complexity index is 1350. The molecule has 1 aromatic heterocycles. The molecule has 0 saturated carbocycles. The third kappa shape index (κ3) is 4.87. The minimum atomic E-state index is 0.250. The number of hydrogen-bond donors (Lipinski definition) is 0. The lowest BCUT2D eigenvalue weighted by Crippen LogP contribution is -2.48. The molecule has 2 heterocycles. The number of aryl methyl sites for hydroxylation is 2. The number of anilines is 1. The molecule has 0 aliphatic carbocycles. The van der Waals surface area contributed by atoms with Crippen LogP contribution in [0, 0.1) is 0 Å². The number of aromatic nitrogens is 1. The average molecular weight is 547 g/mol. The highest BCUT2D eigenvalue weighted by Gasteiger charge is 2.23. The summed E-state index contributed by atoms with van der Waals surface area (Å²) in [7, 11) is 3.84. The summed E-state index contributed by atoms with van der Waals surface area (Å²) in [5.74, 6) is 1.13. The smallest absolute Gasteiger partial charge is 0.222 e. The van der Waals surface area contributed by atoms with E-state index in [1.165, 1.54) is 27.7 Å². The predicted octanol–water partition coefficient (Wildman–Crippen LogP) is 6.29. The molecule has 0 unspecified atom stereocenters. The van der Waals surface area contributed by atoms with Crippen molar-refractivity contribution in [2.24, 2.45) is 7.05 Å². The zero-order valence-corrected chi connectivity index (χ0v) is 22.5. The quantitative estimate of drug-likeness (QED) is 0.274. The van der Waals surface area contributed by atoms with E-state index in [-0.39, 0.29) is 5.91 Å². The number of nitrogens with zero attached hydrogens (tertiary/aromatic N) is 3. The number of rotatable bonds is 7. The van der Waals surface area contributed by atoms with E-state index >= 15 is 0 Å². The number of methoxy groups -OCH3 is 1. The molecule has 0 N–H and O–H groups in total. The van der Waals surface area contributed by atoms with Crippen LogP contribution in [-0.2, 0) is 18.3 Å². The van der Waals surface area contributed by atoms with Crippen LogP contribution >= 0.6 is 15.9 Å². The van der Waals surface area contributed by atoms with Gasteiger partial charge in [0.25, 0.3) is 0 Å². The van der Waals surface area contributed by atoms with Gasteiger partial charge in [-0.05, 0) is 54.3 Å². The number of benzene rings is 3. The molecule has 1 aliphatic heterocycles. The van der Waals surface area contributed by atoms with Gasteiger partial charge in [-0.2, -0.15) is 0 Å². The van der Waals surface area contributed by atoms with Crippen LogP contribution in [0.1, 0.15) is 18.4 Å². The van der Waals surface area contributed by atoms with Gasteiger partial charge in [0.15, 0.2) is 0 Å². The van der Waals surface area contributed by atoms with Crippen molar-refractivity contribution in [1.29, 1.82) is 0 Å². The summed E-state index contributed by atoms with van der Waals surface area (Å²) in [6.07, 6.45) is 2.28. The second-order valence-corrected chi connectivity index (χ2v) is 10.2. The Hall–Kier alpha value is -3.25. The molecule has 36 heavy (non-hydrogen) atoms. The third-order valence-corrected chi connectivity index (χ3v) is 7.73. The summed E-state index contributed by atoms with van der Waals surface area (Å²) < 4.78 is 8.88. The van der Waals surface area contributed by atoms with E-state index in [1.807, 2.05) is 23.1 Å². The maximum Gasteiger partial charge on any atom is 0.222 e. The van der Waals surface area contributed by atoms with E-state index in [4.69, 9.17) is 4.74 Å². The lowest BCUT2D eigenvalue weighted by Gasteiger charge is -2.36. The summed E-state index contributed by atoms with van der Waals surface area (Å²) in [6.45, 7) is 3.14. The minimum Gasteiger partial charge on any atom is -0.495 e. The second kappa shape index (κ2) is 10.8. The van der Waals surface area contributed by atoms with Gasteiger partial charge in [-0.25, -0.2) is 0 Å². The summed E-state index contributed by atoms with van der Waals surface area (Å²) in [6, 6.07) is 25.2. The molecule has 5 rings (SSSR count). The molecule has 3 aromatic carbocycles. The fraction of sp³-hybridized carbons (Fsp3) is 0.300. The molecule has 5 nitrogen and oxygen atoms in total. The Morgan fingerprint density at radius 1 is 0.917 bits per heavy atom. The van der Waals surface area contributed by atoms with Crippen LogP contribution in [0.3, 0.4) is 0 Å². The number of fused-ring (bicyclic) bond motifs is 1. The minimum absolute atomic E-state index is 0.250. The number of amides is 1. The fourth-order valence-electron chi connectivity index (χ4n) is 5.36. The number of carbonyl (C=O) groups excluding carboxylic acids is 1. The van der Waals surface area contributed by atoms with Gasteiger partial charge < -0.3 is 19.1 Å². The first-order chi connectivity index (χ1) is 17.6. The number of carbonyl (C=O) groups is 1. The van der Waals surface area contributed by atoms with Gasteiger partial charge >= 0.3 is 0 Å². The highest BCUT2D eigenvalue weighted by atomic mass is 79.9. The normalized spacial score (nSPS) is 13.9. The predicted molar refractivity (Wildman–Crippen MR) is 151 cm³/mol. The number of ether oxygens (including phenoxy) is 1. The molecule has 1 fully saturated rings. The molecular weight excluding hydrogens is 514 g/mol. The molecule has 1 aliphatic rings. The Labute approximate surface area is 221 Å². The highest BCUT2D eigenvalue weighted by Crippen LogP contribution is 2.35. The van der Waals surface area contributed by atoms with Crippen molar-refractivity contribution < 1.29 is 9.53 Å². The monoisotopic (exact) mass is 545 g/mol. The van der Waals surface area contributed by atoms with Gasteiger partial charge in [0.2, 0.25) is 5.91 Å². The van der Waals surface area contributed by atoms with Gasteiger partial charge in [-0.3, -0.25) is 4.79 Å². The number of hydrogen-bond acceptors (Lipinski definition) is 3. The topological polar surface area (TPSA) is 37.7 Å². The molecule has 6 heteroatoms. The maximum absolute atomic E-state index is 13.1. The second-order valence-electron chi connectivity index (χ2n) is 9.30. The average Bonchev–Trinajstić information content (AvgIpc) is 3.20. The molecule has 186 valence electrons. The molecule has 0 atom stereocenters. The summed E-state index contributed by atoms with van der Waals surface area (Å²) in [5, 5.41) is 1.27. The fourth-order valence-corrected chi connectivity index (χ4v) is 5.63. The van der Waals surface area contributed by atoms with E-state index in [0.717, 1.165) is 54.9 Å². The van der Waals surface area contributed by atoms with E-state index in [1.54, 1.807) is 7.11 Å². The number of piperazine rings is 1. The van der Waals surface area contributed by atoms with E-state index in [0.29, 0.717) is 6.42 Å². The SMILES string of the molecule is COc1ccccc1N1CCN(C(=O)CCCc2c(-c3ccc(Br)cc3)n(C)c3ccccc23)CC1. The van der Waals surface area contributed by atoms with E-state index < -0.39 is 0 Å². The molecule has 1 amide bonds. The Morgan fingerprint density at radius 2 is 1.61 bits per heavy atom. The largest absolute Gasteiger partial charge is 0.495 e. The first-order valence-corrected chi connectivity index (χ1v) is 13.3. The first-order valence-electron chi connectivity index (χ1n) is 12.5. The van der Waals surface area contributed by atoms with Crippen molar-refractivity contribution in [2.45, 2.75) is 19.3 Å². The van der Waals surface area contributed by atoms with Crippen molar-refractivity contribution in [2.75, 3.05) is 38.2 Å². The number of para-hydroxylation sites is 3. The Balaban J connectivity index is 1.25. The zero-order chi connectivity index (χ0) is 25.1. The molecule has 1 saturated heterocycles. The van der Waals surface area contributed by atoms with Crippen LogP contribution in [-0.4, -0.2) is 48.7 Å². The van der Waals surface area contributed by atoms with Crippen molar-refractivity contribution >= 4 is 38.4 Å². The van der Waals surface area contributed by atoms with Crippen LogP contribution in [0.5, 0.6) is 5.75 Å². The molecule has 0 bridgehead atoms. The van der Waals surface area contributed by atoms with E-state index in [9.17, 15) is 4.79 Å². The summed E-state index contributed by atoms with van der Waals surface area (Å²) >= 11 is 3.55. The molecule has 0 radical (unpaired) electrons. The van der Waals surface area contributed by atoms with Crippen LogP contribution < -0.4 is 9.64 Å². The van der Waals surface area contributed by atoms with Gasteiger partial charge in [-0.1, -0.05) is 58.4 Å². The van der Waals surface area contributed by atoms with Crippen molar-refractivity contribution in [1.82, 2.24) is 9.47 Å². The van der Waals surface area contributed by atoms with Crippen LogP contribution in [0.2, 0.25) is 0 Å². The maximum atomic E-state index is 13.1. The van der Waals surface area contributed by atoms with Crippen LogP contribution in [0.15, 0.2) is 77.3 Å². The number of halogens is 1. The van der Waals surface area contributed by atoms with Crippen molar-refractivity contribution in [3.63, 3.8) is 0 Å². The molecule has 4 aromatic rings. The standard InChI is InChI=1S/C30H32BrN3O2/c1-32-26-10-4-3-8-24(26)25(30(32)22-14-16-23(31)17-15-22)9-7-13-29(35)34-20-18-33(19-21-34)27-11-5-6-12-28(27)36-2/h3-6,8,10-12,14-17H,7,9,13,18-21H2,1-2H3. The van der Waals surface area contributed by atoms with E-state index in [2.05, 4.69) is 87.0 Å². The third-order valence-electron chi connectivity index (χ3n) is 7.21. The lowest BCUT2D eigenvalue weighted by molar-refractivity contribution is -0.131. The van der Waals surface area contributed by atoms with Crippen LogP contribution in [0.25, 0.3) is 22.2 Å². The molecule has 0 spiro atoms. The Kier molecular flexibility index (Phi) is 7.33. The Morgan fingerprint density at radius 3 is 2.36 bits per heavy atom. The van der Waals surface area contributed by atoms with Gasteiger partial charge in [0.1, 0.15) is 5.75 Å². The van der Waals surface area contributed by atoms with Gasteiger partial charge in [0.05, 0.1) is 18.5 Å². The molecular formula is C30H32BrN3O2. The van der Waals surface area contributed by atoms with Crippen LogP contribution in [0.4, 0.5) is 5.69 Å². The zero-order valence-electron chi connectivity index (χ0n) is 20.9. The summed E-state index contributed by atoms with van der Waals surface area (Å²) in [5.41, 5.74) is 6.09. The highest BCUT2D eigenvalue weighted by molar-refractivity contribution is 9.10.